The summed E-state index contributed by atoms with van der Waals surface area (Å²) in [5.41, 5.74) is 0.696. The summed E-state index contributed by atoms with van der Waals surface area (Å²) in [4.78, 5) is 38.9. The number of carboxylic acid groups (broad SMARTS) is 1. The summed E-state index contributed by atoms with van der Waals surface area (Å²) in [6.07, 6.45) is 0.215. The minimum atomic E-state index is -0.924. The van der Waals surface area contributed by atoms with Crippen molar-refractivity contribution >= 4 is 29.0 Å². The normalized spacial score (nSPS) is 10.8. The Balaban J connectivity index is 2.61. The molecule has 1 N–H and O–H groups in total. The highest BCUT2D eigenvalue weighted by atomic mass is 32.1. The van der Waals surface area contributed by atoms with Gasteiger partial charge in [0, 0.05) is 41.2 Å². The molecule has 0 bridgehead atoms. The summed E-state index contributed by atoms with van der Waals surface area (Å²) in [6, 6.07) is 1.86. The van der Waals surface area contributed by atoms with E-state index in [4.69, 9.17) is 5.11 Å². The molecular weight excluding hydrogens is 314 g/mol. The maximum atomic E-state index is 12.3. The SMILES string of the molecule is Cc1cc(C(=O)CCC(=O)N(CCC(=O)O)CC(C)C)c(C)s1. The van der Waals surface area contributed by atoms with Gasteiger partial charge in [-0.1, -0.05) is 13.8 Å². The van der Waals surface area contributed by atoms with Gasteiger partial charge in [0.2, 0.25) is 5.91 Å². The van der Waals surface area contributed by atoms with E-state index in [1.54, 1.807) is 16.2 Å². The molecule has 0 atom stereocenters. The fraction of sp³-hybridized carbons (Fsp3) is 0.588. The highest BCUT2D eigenvalue weighted by Crippen LogP contribution is 2.22. The van der Waals surface area contributed by atoms with E-state index in [-0.39, 0.29) is 43.4 Å². The number of ketones is 1. The minimum absolute atomic E-state index is 0.0251. The van der Waals surface area contributed by atoms with E-state index >= 15 is 0 Å². The van der Waals surface area contributed by atoms with Crippen molar-refractivity contribution < 1.29 is 19.5 Å². The van der Waals surface area contributed by atoms with Gasteiger partial charge in [-0.3, -0.25) is 14.4 Å². The summed E-state index contributed by atoms with van der Waals surface area (Å²) < 4.78 is 0. The average Bonchev–Trinajstić information content (AvgIpc) is 2.78. The summed E-state index contributed by atoms with van der Waals surface area (Å²) in [7, 11) is 0. The number of carbonyl (C=O) groups excluding carboxylic acids is 2. The summed E-state index contributed by atoms with van der Waals surface area (Å²) in [5.74, 6) is -0.849. The highest BCUT2D eigenvalue weighted by molar-refractivity contribution is 7.12. The number of carboxylic acids is 1. The lowest BCUT2D eigenvalue weighted by Gasteiger charge is -2.24. The topological polar surface area (TPSA) is 74.7 Å². The molecule has 23 heavy (non-hydrogen) atoms. The Labute approximate surface area is 141 Å². The van der Waals surface area contributed by atoms with Crippen molar-refractivity contribution in [1.29, 1.82) is 0 Å². The van der Waals surface area contributed by atoms with Gasteiger partial charge in [0.15, 0.2) is 5.78 Å². The molecule has 1 heterocycles. The average molecular weight is 339 g/mol. The van der Waals surface area contributed by atoms with Gasteiger partial charge in [-0.2, -0.15) is 0 Å². The first-order chi connectivity index (χ1) is 10.7. The molecule has 0 radical (unpaired) electrons. The van der Waals surface area contributed by atoms with Crippen LogP contribution >= 0.6 is 11.3 Å². The standard InChI is InChI=1S/C17H25NO4S/c1-11(2)10-18(8-7-17(21)22)16(20)6-5-15(19)14-9-12(3)23-13(14)4/h9,11H,5-8,10H2,1-4H3,(H,21,22). The molecular formula is C17H25NO4S. The second-order valence-electron chi connectivity index (χ2n) is 6.13. The third-order valence-corrected chi connectivity index (χ3v) is 4.41. The van der Waals surface area contributed by atoms with E-state index in [0.29, 0.717) is 12.1 Å². The van der Waals surface area contributed by atoms with Crippen LogP contribution in [0.25, 0.3) is 0 Å². The Morgan fingerprint density at radius 3 is 2.30 bits per heavy atom. The Hall–Kier alpha value is -1.69. The van der Waals surface area contributed by atoms with E-state index in [0.717, 1.165) is 9.75 Å². The number of rotatable bonds is 9. The van der Waals surface area contributed by atoms with Crippen LogP contribution in [0.4, 0.5) is 0 Å². The number of hydrogen-bond acceptors (Lipinski definition) is 4. The Bertz CT molecular complexity index is 577. The molecule has 1 amide bonds. The van der Waals surface area contributed by atoms with Crippen molar-refractivity contribution in [2.24, 2.45) is 5.92 Å². The molecule has 0 fully saturated rings. The number of aryl methyl sites for hydroxylation is 2. The number of aliphatic carboxylic acids is 1. The summed E-state index contributed by atoms with van der Waals surface area (Å²) in [5, 5.41) is 8.79. The zero-order chi connectivity index (χ0) is 17.6. The maximum absolute atomic E-state index is 12.3. The number of thiophene rings is 1. The quantitative estimate of drug-likeness (QED) is 0.701. The predicted molar refractivity (Wildman–Crippen MR) is 91.0 cm³/mol. The van der Waals surface area contributed by atoms with E-state index in [9.17, 15) is 14.4 Å². The molecule has 0 aromatic carbocycles. The van der Waals surface area contributed by atoms with Crippen molar-refractivity contribution in [2.45, 2.75) is 47.0 Å². The number of hydrogen-bond donors (Lipinski definition) is 1. The van der Waals surface area contributed by atoms with Crippen LogP contribution in [0.1, 0.15) is 53.2 Å². The maximum Gasteiger partial charge on any atom is 0.305 e. The fourth-order valence-electron chi connectivity index (χ4n) is 2.41. The lowest BCUT2D eigenvalue weighted by molar-refractivity contribution is -0.138. The molecule has 0 spiro atoms. The predicted octanol–water partition coefficient (Wildman–Crippen LogP) is 3.29. The van der Waals surface area contributed by atoms with Crippen LogP contribution in [0.5, 0.6) is 0 Å². The van der Waals surface area contributed by atoms with Crippen LogP contribution in [0, 0.1) is 19.8 Å². The van der Waals surface area contributed by atoms with Gasteiger partial charge in [0.05, 0.1) is 6.42 Å². The molecule has 6 heteroatoms. The number of nitrogens with zero attached hydrogens (tertiary/aromatic N) is 1. The molecule has 0 saturated heterocycles. The van der Waals surface area contributed by atoms with Crippen molar-refractivity contribution in [3.8, 4) is 0 Å². The molecule has 0 saturated carbocycles. The van der Waals surface area contributed by atoms with Gasteiger partial charge in [0.25, 0.3) is 0 Å². The van der Waals surface area contributed by atoms with Crippen LogP contribution < -0.4 is 0 Å². The van der Waals surface area contributed by atoms with Gasteiger partial charge in [-0.05, 0) is 25.8 Å². The summed E-state index contributed by atoms with van der Waals surface area (Å²) in [6.45, 7) is 8.52. The van der Waals surface area contributed by atoms with E-state index < -0.39 is 5.97 Å². The molecule has 0 unspecified atom stereocenters. The first-order valence-electron chi connectivity index (χ1n) is 7.80. The van der Waals surface area contributed by atoms with E-state index in [1.807, 2.05) is 33.8 Å². The summed E-state index contributed by atoms with van der Waals surface area (Å²) >= 11 is 1.58. The third kappa shape index (κ3) is 6.52. The lowest BCUT2D eigenvalue weighted by atomic mass is 10.1. The second kappa shape index (κ2) is 8.82. The molecule has 0 aliphatic heterocycles. The van der Waals surface area contributed by atoms with Gasteiger partial charge < -0.3 is 10.0 Å². The fourth-order valence-corrected chi connectivity index (χ4v) is 3.35. The molecule has 1 rings (SSSR count). The van der Waals surface area contributed by atoms with E-state index in [2.05, 4.69) is 0 Å². The van der Waals surface area contributed by atoms with Crippen LogP contribution in [0.3, 0.4) is 0 Å². The van der Waals surface area contributed by atoms with Crippen LogP contribution in [0.2, 0.25) is 0 Å². The third-order valence-electron chi connectivity index (χ3n) is 3.44. The van der Waals surface area contributed by atoms with Gasteiger partial charge >= 0.3 is 5.97 Å². The van der Waals surface area contributed by atoms with Crippen molar-refractivity contribution in [3.05, 3.63) is 21.4 Å². The van der Waals surface area contributed by atoms with Gasteiger partial charge in [-0.15, -0.1) is 11.3 Å². The molecule has 5 nitrogen and oxygen atoms in total. The second-order valence-corrected chi connectivity index (χ2v) is 7.59. The first-order valence-corrected chi connectivity index (χ1v) is 8.62. The molecule has 128 valence electrons. The van der Waals surface area contributed by atoms with Gasteiger partial charge in [-0.25, -0.2) is 0 Å². The monoisotopic (exact) mass is 339 g/mol. The molecule has 0 aliphatic carbocycles. The lowest BCUT2D eigenvalue weighted by Crippen LogP contribution is -2.36. The molecule has 1 aromatic rings. The Kier molecular flexibility index (Phi) is 7.42. The van der Waals surface area contributed by atoms with Crippen molar-refractivity contribution in [1.82, 2.24) is 4.90 Å². The smallest absolute Gasteiger partial charge is 0.305 e. The van der Waals surface area contributed by atoms with Crippen molar-refractivity contribution in [3.63, 3.8) is 0 Å². The van der Waals surface area contributed by atoms with E-state index in [1.165, 1.54) is 0 Å². The number of amides is 1. The molecule has 0 aliphatic rings. The van der Waals surface area contributed by atoms with Gasteiger partial charge in [0.1, 0.15) is 0 Å². The Morgan fingerprint density at radius 2 is 1.83 bits per heavy atom. The number of Topliss-reactive ketones (excluding diaryl/α,β-unsaturated/α-hetero) is 1. The van der Waals surface area contributed by atoms with Crippen molar-refractivity contribution in [2.75, 3.05) is 13.1 Å². The van der Waals surface area contributed by atoms with Crippen LogP contribution in [-0.2, 0) is 9.59 Å². The Morgan fingerprint density at radius 1 is 1.17 bits per heavy atom. The zero-order valence-corrected chi connectivity index (χ0v) is 15.0. The first kappa shape index (κ1) is 19.4. The largest absolute Gasteiger partial charge is 0.481 e. The highest BCUT2D eigenvalue weighted by Gasteiger charge is 2.19. The van der Waals surface area contributed by atoms with Crippen LogP contribution in [0.15, 0.2) is 6.07 Å². The minimum Gasteiger partial charge on any atom is -0.481 e. The zero-order valence-electron chi connectivity index (χ0n) is 14.2. The molecule has 1 aromatic heterocycles. The van der Waals surface area contributed by atoms with Crippen LogP contribution in [-0.4, -0.2) is 40.8 Å². The number of carbonyl (C=O) groups is 3.